The first-order valence-corrected chi connectivity index (χ1v) is 3.15. The third kappa shape index (κ3) is 1.51. The van der Waals surface area contributed by atoms with Crippen LogP contribution in [-0.4, -0.2) is 4.98 Å². The Morgan fingerprint density at radius 2 is 2.40 bits per heavy atom. The lowest BCUT2D eigenvalue weighted by molar-refractivity contribution is 0.940. The number of alkyl halides is 1. The van der Waals surface area contributed by atoms with Crippen molar-refractivity contribution in [3.63, 3.8) is 0 Å². The van der Waals surface area contributed by atoms with Crippen molar-refractivity contribution < 1.29 is 0 Å². The molecule has 0 aliphatic rings. The van der Waals surface area contributed by atoms with Crippen LogP contribution in [0.1, 0.15) is 11.2 Å². The van der Waals surface area contributed by atoms with E-state index in [4.69, 9.17) is 11.6 Å². The van der Waals surface area contributed by atoms with Gasteiger partial charge in [0, 0.05) is 6.20 Å². The Morgan fingerprint density at radius 3 is 2.90 bits per heavy atom. The summed E-state index contributed by atoms with van der Waals surface area (Å²) in [5, 5.41) is 2.61. The summed E-state index contributed by atoms with van der Waals surface area (Å²) in [4.78, 5) is 13.7. The molecule has 0 aliphatic heterocycles. The zero-order valence-electron chi connectivity index (χ0n) is 5.07. The molecule has 0 spiro atoms. The van der Waals surface area contributed by atoms with E-state index in [0.29, 0.717) is 5.69 Å². The van der Waals surface area contributed by atoms with Gasteiger partial charge in [0.1, 0.15) is 0 Å². The third-order valence-electron chi connectivity index (χ3n) is 1.02. The van der Waals surface area contributed by atoms with Crippen LogP contribution >= 0.6 is 11.6 Å². The summed E-state index contributed by atoms with van der Waals surface area (Å²) >= 11 is 5.45. The van der Waals surface area contributed by atoms with Gasteiger partial charge < -0.3 is 0 Å². The van der Waals surface area contributed by atoms with Gasteiger partial charge in [-0.3, -0.25) is 4.98 Å². The highest BCUT2D eigenvalue weighted by molar-refractivity contribution is 6.20. The number of rotatable bonds is 2. The number of pyridine rings is 1. The number of nitrogens with zero attached hydrogens (tertiary/aromatic N) is 2. The molecule has 1 rings (SSSR count). The first kappa shape index (κ1) is 7.15. The number of hydrogen-bond acceptors (Lipinski definition) is 3. The average Bonchev–Trinajstić information content (AvgIpc) is 2.05. The summed E-state index contributed by atoms with van der Waals surface area (Å²) in [6.45, 7) is 0. The van der Waals surface area contributed by atoms with Gasteiger partial charge in [-0.25, -0.2) is 0 Å². The van der Waals surface area contributed by atoms with Crippen LogP contribution in [0.5, 0.6) is 0 Å². The second-order valence-corrected chi connectivity index (χ2v) is 2.11. The molecule has 0 aromatic carbocycles. The Morgan fingerprint density at radius 1 is 1.60 bits per heavy atom. The van der Waals surface area contributed by atoms with Crippen LogP contribution in [-0.2, 0) is 0 Å². The van der Waals surface area contributed by atoms with Crippen molar-refractivity contribution in [2.45, 2.75) is 5.50 Å². The zero-order valence-corrected chi connectivity index (χ0v) is 5.82. The minimum Gasteiger partial charge on any atom is -0.258 e. The predicted molar refractivity (Wildman–Crippen MR) is 38.6 cm³/mol. The summed E-state index contributed by atoms with van der Waals surface area (Å²) in [5.41, 5.74) is -0.375. The monoisotopic (exact) mass is 156 g/mol. The van der Waals surface area contributed by atoms with Gasteiger partial charge in [-0.05, 0) is 17.3 Å². The van der Waals surface area contributed by atoms with E-state index in [1.807, 2.05) is 0 Å². The van der Waals surface area contributed by atoms with Crippen LogP contribution in [0.3, 0.4) is 0 Å². The second-order valence-electron chi connectivity index (χ2n) is 1.70. The van der Waals surface area contributed by atoms with Gasteiger partial charge in [-0.1, -0.05) is 17.7 Å². The summed E-state index contributed by atoms with van der Waals surface area (Å²) in [5.74, 6) is 0. The van der Waals surface area contributed by atoms with Crippen molar-refractivity contribution in [1.82, 2.24) is 4.98 Å². The summed E-state index contributed by atoms with van der Waals surface area (Å²) in [6.07, 6.45) is 1.57. The quantitative estimate of drug-likeness (QED) is 0.374. The van der Waals surface area contributed by atoms with E-state index in [0.717, 1.165) is 0 Å². The molecule has 0 bridgehead atoms. The fraction of sp³-hybridized carbons (Fsp3) is 0.167. The van der Waals surface area contributed by atoms with Crippen molar-refractivity contribution in [3.05, 3.63) is 35.0 Å². The Hall–Kier alpha value is -0.960. The molecule has 1 unspecified atom stereocenters. The number of nitroso groups, excluding NO2 is 1. The first-order chi connectivity index (χ1) is 4.84. The topological polar surface area (TPSA) is 42.3 Å². The van der Waals surface area contributed by atoms with Gasteiger partial charge in [0.15, 0.2) is 0 Å². The molecule has 0 amide bonds. The Balaban J connectivity index is 2.84. The van der Waals surface area contributed by atoms with Crippen molar-refractivity contribution in [3.8, 4) is 0 Å². The summed E-state index contributed by atoms with van der Waals surface area (Å²) in [6, 6.07) is 5.15. The highest BCUT2D eigenvalue weighted by Crippen LogP contribution is 2.17. The molecule has 1 atom stereocenters. The molecule has 0 fully saturated rings. The van der Waals surface area contributed by atoms with Crippen LogP contribution in [0.25, 0.3) is 0 Å². The molecule has 1 aromatic rings. The maximum absolute atomic E-state index is 9.88. The molecule has 0 N–H and O–H groups in total. The maximum atomic E-state index is 9.88. The molecule has 1 aromatic heterocycles. The van der Waals surface area contributed by atoms with Crippen molar-refractivity contribution in [2.24, 2.45) is 5.18 Å². The minimum absolute atomic E-state index is 0.485. The van der Waals surface area contributed by atoms with Crippen molar-refractivity contribution >= 4 is 11.6 Å². The first-order valence-electron chi connectivity index (χ1n) is 2.72. The normalized spacial score (nSPS) is 12.5. The largest absolute Gasteiger partial charge is 0.258 e. The van der Waals surface area contributed by atoms with Crippen LogP contribution in [0, 0.1) is 4.91 Å². The maximum Gasteiger partial charge on any atom is 0.207 e. The molecule has 10 heavy (non-hydrogen) atoms. The summed E-state index contributed by atoms with van der Waals surface area (Å²) < 4.78 is 0. The Kier molecular flexibility index (Phi) is 2.34. The fourth-order valence-corrected chi connectivity index (χ4v) is 0.700. The van der Waals surface area contributed by atoms with E-state index in [1.165, 1.54) is 0 Å². The third-order valence-corrected chi connectivity index (χ3v) is 1.33. The Bertz CT molecular complexity index is 214. The molecular formula is C6H5ClN2O. The Labute approximate surface area is 63.0 Å². The van der Waals surface area contributed by atoms with Crippen LogP contribution in [0.4, 0.5) is 0 Å². The van der Waals surface area contributed by atoms with Gasteiger partial charge in [0.25, 0.3) is 0 Å². The van der Waals surface area contributed by atoms with E-state index in [-0.39, 0.29) is 0 Å². The van der Waals surface area contributed by atoms with E-state index in [1.54, 1.807) is 24.4 Å². The highest BCUT2D eigenvalue weighted by Gasteiger charge is 2.05. The molecule has 0 radical (unpaired) electrons. The van der Waals surface area contributed by atoms with Gasteiger partial charge in [-0.15, -0.1) is 4.91 Å². The van der Waals surface area contributed by atoms with Gasteiger partial charge in [-0.2, -0.15) is 0 Å². The lowest BCUT2D eigenvalue weighted by Crippen LogP contribution is -1.87. The van der Waals surface area contributed by atoms with Crippen LogP contribution in [0.15, 0.2) is 29.6 Å². The predicted octanol–water partition coefficient (Wildman–Crippen LogP) is 2.09. The zero-order chi connectivity index (χ0) is 7.40. The molecule has 4 heteroatoms. The molecule has 1 heterocycles. The van der Waals surface area contributed by atoms with Gasteiger partial charge in [0.2, 0.25) is 5.50 Å². The standard InChI is InChI=1S/C6H5ClN2O/c7-6(9-10)5-3-1-2-4-8-5/h1-4,6H. The lowest BCUT2D eigenvalue weighted by Gasteiger charge is -1.95. The smallest absolute Gasteiger partial charge is 0.207 e. The van der Waals surface area contributed by atoms with E-state index in [9.17, 15) is 4.91 Å². The van der Waals surface area contributed by atoms with E-state index < -0.39 is 5.50 Å². The van der Waals surface area contributed by atoms with Crippen LogP contribution in [0.2, 0.25) is 0 Å². The second kappa shape index (κ2) is 3.27. The number of halogens is 1. The minimum atomic E-state index is -0.860. The summed E-state index contributed by atoms with van der Waals surface area (Å²) in [7, 11) is 0. The molecule has 0 saturated carbocycles. The SMILES string of the molecule is O=NC(Cl)c1ccccn1. The molecular weight excluding hydrogens is 152 g/mol. The molecule has 3 nitrogen and oxygen atoms in total. The number of aromatic nitrogens is 1. The van der Waals surface area contributed by atoms with Crippen molar-refractivity contribution in [1.29, 1.82) is 0 Å². The van der Waals surface area contributed by atoms with Crippen LogP contribution < -0.4 is 0 Å². The number of hydrogen-bond donors (Lipinski definition) is 0. The molecule has 0 saturated heterocycles. The molecule has 0 aliphatic carbocycles. The van der Waals surface area contributed by atoms with Crippen molar-refractivity contribution in [2.75, 3.05) is 0 Å². The van der Waals surface area contributed by atoms with Gasteiger partial charge >= 0.3 is 0 Å². The van der Waals surface area contributed by atoms with E-state index in [2.05, 4.69) is 10.2 Å². The lowest BCUT2D eigenvalue weighted by atomic mass is 10.3. The average molecular weight is 157 g/mol. The molecule has 52 valence electrons. The van der Waals surface area contributed by atoms with E-state index >= 15 is 0 Å². The van der Waals surface area contributed by atoms with Gasteiger partial charge in [0.05, 0.1) is 5.69 Å². The highest BCUT2D eigenvalue weighted by atomic mass is 35.5. The fourth-order valence-electron chi connectivity index (χ4n) is 0.571.